The highest BCUT2D eigenvalue weighted by Gasteiger charge is 2.32. The topological polar surface area (TPSA) is 59.6 Å². The van der Waals surface area contributed by atoms with Crippen molar-refractivity contribution < 1.29 is 14.3 Å². The Morgan fingerprint density at radius 1 is 1.22 bits per heavy atom. The number of carbonyl (C=O) groups is 1. The molecule has 1 aromatic carbocycles. The summed E-state index contributed by atoms with van der Waals surface area (Å²) in [5, 5.41) is 6.46. The minimum atomic E-state index is 0.0791. The number of amides is 1. The highest BCUT2D eigenvalue weighted by molar-refractivity contribution is 5.76. The predicted octanol–water partition coefficient (Wildman–Crippen LogP) is 1.76. The average molecular weight is 320 g/mol. The van der Waals surface area contributed by atoms with Gasteiger partial charge in [0.05, 0.1) is 13.7 Å². The number of hydrogen-bond acceptors (Lipinski definition) is 4. The van der Waals surface area contributed by atoms with Crippen LogP contribution in [0.4, 0.5) is 0 Å². The number of carbonyl (C=O) groups excluding carboxylic acids is 1. The molecule has 0 aromatic heterocycles. The molecule has 1 aliphatic heterocycles. The van der Waals surface area contributed by atoms with Crippen LogP contribution >= 0.6 is 0 Å². The maximum absolute atomic E-state index is 12.1. The highest BCUT2D eigenvalue weighted by atomic mass is 16.5. The van der Waals surface area contributed by atoms with Crippen molar-refractivity contribution in [2.24, 2.45) is 5.41 Å². The average Bonchev–Trinajstić information content (AvgIpc) is 2.60. The van der Waals surface area contributed by atoms with Crippen molar-refractivity contribution in [3.05, 3.63) is 29.8 Å². The van der Waals surface area contributed by atoms with Crippen LogP contribution in [0, 0.1) is 5.41 Å². The zero-order valence-electron chi connectivity index (χ0n) is 14.2. The molecule has 0 aliphatic carbocycles. The molecule has 0 atom stereocenters. The van der Waals surface area contributed by atoms with Gasteiger partial charge in [0, 0.05) is 25.5 Å². The predicted molar refractivity (Wildman–Crippen MR) is 90.7 cm³/mol. The zero-order valence-corrected chi connectivity index (χ0v) is 14.2. The molecule has 0 saturated carbocycles. The molecule has 1 heterocycles. The van der Waals surface area contributed by atoms with Crippen LogP contribution in [0.3, 0.4) is 0 Å². The van der Waals surface area contributed by atoms with Crippen molar-refractivity contribution in [3.63, 3.8) is 0 Å². The fourth-order valence-corrected chi connectivity index (χ4v) is 3.06. The molecule has 5 heteroatoms. The molecular formula is C18H28N2O3. The van der Waals surface area contributed by atoms with Gasteiger partial charge in [-0.2, -0.15) is 0 Å². The maximum Gasteiger partial charge on any atom is 0.220 e. The Bertz CT molecular complexity index is 476. The van der Waals surface area contributed by atoms with E-state index in [4.69, 9.17) is 9.47 Å². The summed E-state index contributed by atoms with van der Waals surface area (Å²) in [6.45, 7) is 3.38. The van der Waals surface area contributed by atoms with Crippen LogP contribution in [0.5, 0.6) is 5.75 Å². The third-order valence-electron chi connectivity index (χ3n) is 4.58. The number of ether oxygens (including phenoxy) is 2. The lowest BCUT2D eigenvalue weighted by Gasteiger charge is -2.37. The second kappa shape index (κ2) is 8.89. The molecule has 0 bridgehead atoms. The molecule has 1 fully saturated rings. The summed E-state index contributed by atoms with van der Waals surface area (Å²) in [7, 11) is 3.38. The molecule has 0 radical (unpaired) electrons. The van der Waals surface area contributed by atoms with E-state index in [0.29, 0.717) is 19.6 Å². The Morgan fingerprint density at radius 3 is 2.52 bits per heavy atom. The summed E-state index contributed by atoms with van der Waals surface area (Å²) < 4.78 is 10.5. The van der Waals surface area contributed by atoms with Crippen LogP contribution in [0.2, 0.25) is 0 Å². The van der Waals surface area contributed by atoms with Crippen LogP contribution < -0.4 is 15.4 Å². The van der Waals surface area contributed by atoms with E-state index in [0.717, 1.165) is 43.7 Å². The molecular weight excluding hydrogens is 292 g/mol. The summed E-state index contributed by atoms with van der Waals surface area (Å²) in [5.41, 5.74) is 1.23. The van der Waals surface area contributed by atoms with Crippen molar-refractivity contribution in [3.8, 4) is 5.75 Å². The van der Waals surface area contributed by atoms with Gasteiger partial charge in [-0.3, -0.25) is 4.79 Å². The number of piperidine rings is 1. The summed E-state index contributed by atoms with van der Waals surface area (Å²) in [4.78, 5) is 12.1. The third kappa shape index (κ3) is 5.52. The molecule has 1 aliphatic rings. The van der Waals surface area contributed by atoms with Crippen LogP contribution in [-0.4, -0.2) is 46.4 Å². The first kappa shape index (κ1) is 17.8. The molecule has 1 aromatic rings. The van der Waals surface area contributed by atoms with Crippen molar-refractivity contribution in [2.75, 3.05) is 40.5 Å². The largest absolute Gasteiger partial charge is 0.497 e. The lowest BCUT2D eigenvalue weighted by Crippen LogP contribution is -2.47. The summed E-state index contributed by atoms with van der Waals surface area (Å²) in [6.07, 6.45) is 3.33. The normalized spacial score (nSPS) is 16.8. The van der Waals surface area contributed by atoms with Crippen molar-refractivity contribution in [1.29, 1.82) is 0 Å². The van der Waals surface area contributed by atoms with Gasteiger partial charge in [0.2, 0.25) is 5.91 Å². The molecule has 2 rings (SSSR count). The number of nitrogens with one attached hydrogen (secondary N) is 2. The van der Waals surface area contributed by atoms with Gasteiger partial charge in [-0.1, -0.05) is 12.1 Å². The first-order chi connectivity index (χ1) is 11.2. The van der Waals surface area contributed by atoms with Crippen LogP contribution in [0.15, 0.2) is 24.3 Å². The van der Waals surface area contributed by atoms with E-state index < -0.39 is 0 Å². The van der Waals surface area contributed by atoms with Gasteiger partial charge in [0.25, 0.3) is 0 Å². The van der Waals surface area contributed by atoms with E-state index in [2.05, 4.69) is 10.6 Å². The van der Waals surface area contributed by atoms with Gasteiger partial charge in [-0.05, 0) is 50.0 Å². The number of methoxy groups -OCH3 is 2. The van der Waals surface area contributed by atoms with Crippen LogP contribution in [0.25, 0.3) is 0 Å². The fraction of sp³-hybridized carbons (Fsp3) is 0.611. The number of hydrogen-bond donors (Lipinski definition) is 2. The first-order valence-corrected chi connectivity index (χ1v) is 8.27. The summed E-state index contributed by atoms with van der Waals surface area (Å²) in [6, 6.07) is 7.86. The molecule has 23 heavy (non-hydrogen) atoms. The van der Waals surface area contributed by atoms with E-state index in [1.807, 2.05) is 24.3 Å². The second-order valence-electron chi connectivity index (χ2n) is 6.31. The molecule has 1 saturated heterocycles. The Morgan fingerprint density at radius 2 is 1.91 bits per heavy atom. The Balaban J connectivity index is 1.76. The third-order valence-corrected chi connectivity index (χ3v) is 4.58. The van der Waals surface area contributed by atoms with E-state index >= 15 is 0 Å². The standard InChI is InChI=1S/C18H28N2O3/c1-22-14-18(9-11-19-12-10-18)13-20-17(21)8-5-15-3-6-16(23-2)7-4-15/h3-4,6-7,19H,5,8-14H2,1-2H3,(H,20,21). The Hall–Kier alpha value is -1.59. The number of aryl methyl sites for hydroxylation is 1. The number of rotatable bonds is 8. The van der Waals surface area contributed by atoms with Gasteiger partial charge < -0.3 is 20.1 Å². The fourth-order valence-electron chi connectivity index (χ4n) is 3.06. The van der Waals surface area contributed by atoms with Crippen molar-refractivity contribution in [2.45, 2.75) is 25.7 Å². The molecule has 5 nitrogen and oxygen atoms in total. The van der Waals surface area contributed by atoms with E-state index in [-0.39, 0.29) is 11.3 Å². The molecule has 0 spiro atoms. The SMILES string of the molecule is COCC1(CNC(=O)CCc2ccc(OC)cc2)CCNCC1. The molecule has 0 unspecified atom stereocenters. The lowest BCUT2D eigenvalue weighted by molar-refractivity contribution is -0.122. The smallest absolute Gasteiger partial charge is 0.220 e. The van der Waals surface area contributed by atoms with E-state index in [1.54, 1.807) is 14.2 Å². The van der Waals surface area contributed by atoms with E-state index in [1.165, 1.54) is 0 Å². The molecule has 2 N–H and O–H groups in total. The highest BCUT2D eigenvalue weighted by Crippen LogP contribution is 2.28. The minimum absolute atomic E-state index is 0.0791. The summed E-state index contributed by atoms with van der Waals surface area (Å²) >= 11 is 0. The molecule has 1 amide bonds. The van der Waals surface area contributed by atoms with Gasteiger partial charge in [0.1, 0.15) is 5.75 Å². The Kier molecular flexibility index (Phi) is 6.86. The zero-order chi connectivity index (χ0) is 16.5. The molecule has 128 valence electrons. The van der Waals surface area contributed by atoms with Gasteiger partial charge >= 0.3 is 0 Å². The van der Waals surface area contributed by atoms with E-state index in [9.17, 15) is 4.79 Å². The maximum atomic E-state index is 12.1. The second-order valence-corrected chi connectivity index (χ2v) is 6.31. The van der Waals surface area contributed by atoms with Gasteiger partial charge in [0.15, 0.2) is 0 Å². The lowest BCUT2D eigenvalue weighted by atomic mass is 9.79. The van der Waals surface area contributed by atoms with Crippen molar-refractivity contribution >= 4 is 5.91 Å². The quantitative estimate of drug-likeness (QED) is 0.766. The first-order valence-electron chi connectivity index (χ1n) is 8.27. The van der Waals surface area contributed by atoms with Crippen LogP contribution in [0.1, 0.15) is 24.8 Å². The minimum Gasteiger partial charge on any atom is -0.497 e. The summed E-state index contributed by atoms with van der Waals surface area (Å²) in [5.74, 6) is 0.945. The Labute approximate surface area is 138 Å². The van der Waals surface area contributed by atoms with Crippen LogP contribution in [-0.2, 0) is 16.0 Å². The van der Waals surface area contributed by atoms with Gasteiger partial charge in [-0.25, -0.2) is 0 Å². The number of benzene rings is 1. The monoisotopic (exact) mass is 320 g/mol. The van der Waals surface area contributed by atoms with Crippen molar-refractivity contribution in [1.82, 2.24) is 10.6 Å². The van der Waals surface area contributed by atoms with Gasteiger partial charge in [-0.15, -0.1) is 0 Å².